The van der Waals surface area contributed by atoms with Gasteiger partial charge in [-0.15, -0.1) is 0 Å². The Labute approximate surface area is 290 Å². The first-order valence-corrected chi connectivity index (χ1v) is 17.2. The Balaban J connectivity index is 1.19. The first-order chi connectivity index (χ1) is 23.2. The minimum atomic E-state index is -0.666. The summed E-state index contributed by atoms with van der Waals surface area (Å²) in [4.78, 5) is 33.1. The third-order valence-electron chi connectivity index (χ3n) is 9.23. The van der Waals surface area contributed by atoms with Crippen LogP contribution >= 0.6 is 0 Å². The van der Waals surface area contributed by atoms with E-state index in [-0.39, 0.29) is 17.0 Å². The second kappa shape index (κ2) is 13.2. The van der Waals surface area contributed by atoms with Crippen LogP contribution in [-0.2, 0) is 26.8 Å². The number of amides is 2. The maximum atomic E-state index is 13.5. The third-order valence-corrected chi connectivity index (χ3v) is 9.23. The molecule has 2 heterocycles. The van der Waals surface area contributed by atoms with Crippen LogP contribution in [0.2, 0.25) is 0 Å². The molecule has 2 fully saturated rings. The van der Waals surface area contributed by atoms with Crippen molar-refractivity contribution >= 4 is 23.7 Å². The average molecular weight is 661 g/mol. The number of pyridine rings is 1. The van der Waals surface area contributed by atoms with E-state index >= 15 is 0 Å². The maximum absolute atomic E-state index is 13.5. The van der Waals surface area contributed by atoms with Crippen molar-refractivity contribution in [1.82, 2.24) is 15.2 Å². The highest BCUT2D eigenvalue weighted by atomic mass is 16.6. The van der Waals surface area contributed by atoms with Crippen LogP contribution in [0.5, 0.6) is 0 Å². The Morgan fingerprint density at radius 1 is 0.939 bits per heavy atom. The summed E-state index contributed by atoms with van der Waals surface area (Å²) in [6.07, 6.45) is 0.782. The summed E-state index contributed by atoms with van der Waals surface area (Å²) in [5.74, 6) is 0.760. The third kappa shape index (κ3) is 8.07. The van der Waals surface area contributed by atoms with E-state index in [1.165, 1.54) is 5.56 Å². The van der Waals surface area contributed by atoms with Gasteiger partial charge in [0, 0.05) is 11.4 Å². The Bertz CT molecular complexity index is 1800. The van der Waals surface area contributed by atoms with E-state index in [2.05, 4.69) is 73.9 Å². The standard InChI is InChI=1S/C41H48N4O4/c1-27-22-30(29-12-9-8-10-13-29)24-36(42-27)43-33-18-16-28(17-19-33)23-34(44-37(46)49-40(5,6)7)35-26-45(38(47)48-35)41(20-21-41)32-15-11-14-31(25-32)39(2,3)4/h8-19,22,24-25,34-35H,20-21,23,26H2,1-7H3,(H,42,43)(H,44,46)/t34-,35?/m0/s1. The summed E-state index contributed by atoms with van der Waals surface area (Å²) in [6.45, 7) is 14.5. The van der Waals surface area contributed by atoms with Crippen molar-refractivity contribution in [3.05, 3.63) is 113 Å². The van der Waals surface area contributed by atoms with Gasteiger partial charge in [0.25, 0.3) is 0 Å². The molecule has 1 aromatic heterocycles. The summed E-state index contributed by atoms with van der Waals surface area (Å²) < 4.78 is 11.7. The Kier molecular flexibility index (Phi) is 9.18. The molecule has 8 nitrogen and oxygen atoms in total. The number of aromatic nitrogens is 1. The average Bonchev–Trinajstić information content (AvgIpc) is 3.75. The predicted octanol–water partition coefficient (Wildman–Crippen LogP) is 9.04. The van der Waals surface area contributed by atoms with Gasteiger partial charge in [-0.05, 0) is 104 Å². The van der Waals surface area contributed by atoms with Crippen LogP contribution in [0, 0.1) is 6.92 Å². The van der Waals surface area contributed by atoms with Crippen LogP contribution in [0.15, 0.2) is 91.0 Å². The van der Waals surface area contributed by atoms with Crippen LogP contribution in [-0.4, -0.2) is 46.4 Å². The molecule has 8 heteroatoms. The topological polar surface area (TPSA) is 92.8 Å². The zero-order valence-corrected chi connectivity index (χ0v) is 29.7. The van der Waals surface area contributed by atoms with Crippen molar-refractivity contribution in [3.63, 3.8) is 0 Å². The van der Waals surface area contributed by atoms with Crippen molar-refractivity contribution in [2.75, 3.05) is 11.9 Å². The largest absolute Gasteiger partial charge is 0.444 e. The molecule has 0 spiro atoms. The molecule has 256 valence electrons. The zero-order chi connectivity index (χ0) is 35.0. The van der Waals surface area contributed by atoms with Crippen molar-refractivity contribution in [1.29, 1.82) is 0 Å². The molecule has 1 unspecified atom stereocenters. The van der Waals surface area contributed by atoms with Gasteiger partial charge in [-0.25, -0.2) is 14.6 Å². The fraction of sp³-hybridized carbons (Fsp3) is 0.390. The summed E-state index contributed by atoms with van der Waals surface area (Å²) in [7, 11) is 0. The van der Waals surface area contributed by atoms with Crippen molar-refractivity contribution in [2.24, 2.45) is 0 Å². The number of anilines is 2. The number of hydrogen-bond donors (Lipinski definition) is 2. The van der Waals surface area contributed by atoms with Gasteiger partial charge in [-0.2, -0.15) is 0 Å². The van der Waals surface area contributed by atoms with Crippen LogP contribution in [0.25, 0.3) is 11.1 Å². The quantitative estimate of drug-likeness (QED) is 0.186. The molecule has 3 aromatic carbocycles. The normalized spacial score (nSPS) is 17.7. The molecule has 2 N–H and O–H groups in total. The monoisotopic (exact) mass is 660 g/mol. The highest BCUT2D eigenvalue weighted by Crippen LogP contribution is 2.53. The molecule has 6 rings (SSSR count). The summed E-state index contributed by atoms with van der Waals surface area (Å²) in [6, 6.07) is 30.5. The van der Waals surface area contributed by atoms with E-state index in [1.807, 2.05) is 81.1 Å². The highest BCUT2D eigenvalue weighted by molar-refractivity contribution is 5.73. The number of carbonyl (C=O) groups excluding carboxylic acids is 2. The Morgan fingerprint density at radius 2 is 1.65 bits per heavy atom. The molecule has 2 amide bonds. The second-order valence-electron chi connectivity index (χ2n) is 15.4. The number of aryl methyl sites for hydroxylation is 1. The lowest BCUT2D eigenvalue weighted by molar-refractivity contribution is 0.0436. The van der Waals surface area contributed by atoms with E-state index in [9.17, 15) is 9.59 Å². The lowest BCUT2D eigenvalue weighted by Gasteiger charge is -2.29. The second-order valence-corrected chi connectivity index (χ2v) is 15.4. The number of carbonyl (C=O) groups is 2. The molecule has 0 bridgehead atoms. The van der Waals surface area contributed by atoms with Gasteiger partial charge in [0.05, 0.1) is 18.1 Å². The van der Waals surface area contributed by atoms with Gasteiger partial charge in [-0.3, -0.25) is 4.90 Å². The number of nitrogens with one attached hydrogen (secondary N) is 2. The summed E-state index contributed by atoms with van der Waals surface area (Å²) >= 11 is 0. The minimum absolute atomic E-state index is 0.00466. The van der Waals surface area contributed by atoms with Crippen LogP contribution < -0.4 is 10.6 Å². The van der Waals surface area contributed by atoms with Crippen LogP contribution in [0.1, 0.15) is 76.8 Å². The van der Waals surface area contributed by atoms with Crippen LogP contribution in [0.4, 0.5) is 21.1 Å². The summed E-state index contributed by atoms with van der Waals surface area (Å²) in [5.41, 5.74) is 6.34. The molecule has 1 saturated heterocycles. The molecule has 4 aromatic rings. The number of nitrogens with zero attached hydrogens (tertiary/aromatic N) is 2. The number of rotatable bonds is 9. The first kappa shape index (κ1) is 34.0. The number of alkyl carbamates (subject to hydrolysis) is 1. The van der Waals surface area contributed by atoms with Gasteiger partial charge in [0.15, 0.2) is 0 Å². The molecule has 49 heavy (non-hydrogen) atoms. The molecular weight excluding hydrogens is 612 g/mol. The first-order valence-electron chi connectivity index (χ1n) is 17.2. The molecule has 1 saturated carbocycles. The minimum Gasteiger partial charge on any atom is -0.444 e. The van der Waals surface area contributed by atoms with E-state index in [4.69, 9.17) is 14.5 Å². The highest BCUT2D eigenvalue weighted by Gasteiger charge is 2.56. The van der Waals surface area contributed by atoms with Crippen molar-refractivity contribution in [2.45, 2.75) is 96.4 Å². The van der Waals surface area contributed by atoms with Gasteiger partial charge >= 0.3 is 12.2 Å². The number of cyclic esters (lactones) is 1. The number of benzene rings is 3. The molecule has 2 atom stereocenters. The maximum Gasteiger partial charge on any atom is 0.411 e. The van der Waals surface area contributed by atoms with Gasteiger partial charge < -0.3 is 20.1 Å². The van der Waals surface area contributed by atoms with E-state index in [1.54, 1.807) is 0 Å². The van der Waals surface area contributed by atoms with Crippen molar-refractivity contribution < 1.29 is 19.1 Å². The predicted molar refractivity (Wildman–Crippen MR) is 194 cm³/mol. The molecule has 2 aliphatic rings. The fourth-order valence-electron chi connectivity index (χ4n) is 6.54. The smallest absolute Gasteiger partial charge is 0.411 e. The fourth-order valence-corrected chi connectivity index (χ4v) is 6.54. The molecular formula is C41H48N4O4. The van der Waals surface area contributed by atoms with Gasteiger partial charge in [0.2, 0.25) is 0 Å². The number of ether oxygens (including phenoxy) is 2. The molecule has 1 aliphatic carbocycles. The van der Waals surface area contributed by atoms with E-state index < -0.39 is 23.8 Å². The Morgan fingerprint density at radius 3 is 2.31 bits per heavy atom. The lowest BCUT2D eigenvalue weighted by atomic mass is 9.85. The SMILES string of the molecule is Cc1cc(-c2ccccc2)cc(Nc2ccc(C[C@H](NC(=O)OC(C)(C)C)C3CN(C4(c5cccc(C(C)(C)C)c5)CC4)C(=O)O3)cc2)n1. The van der Waals surface area contributed by atoms with Crippen molar-refractivity contribution in [3.8, 4) is 11.1 Å². The molecule has 0 radical (unpaired) electrons. The van der Waals surface area contributed by atoms with E-state index in [0.717, 1.165) is 52.3 Å². The van der Waals surface area contributed by atoms with Gasteiger partial charge in [-0.1, -0.05) is 87.5 Å². The lowest BCUT2D eigenvalue weighted by Crippen LogP contribution is -2.48. The number of hydrogen-bond acceptors (Lipinski definition) is 6. The van der Waals surface area contributed by atoms with Crippen LogP contribution in [0.3, 0.4) is 0 Å². The molecule has 1 aliphatic heterocycles. The summed E-state index contributed by atoms with van der Waals surface area (Å²) in [5, 5.41) is 6.47. The Hall–Kier alpha value is -4.85. The van der Waals surface area contributed by atoms with E-state index in [0.29, 0.717) is 13.0 Å². The van der Waals surface area contributed by atoms with Gasteiger partial charge in [0.1, 0.15) is 17.5 Å². The zero-order valence-electron chi connectivity index (χ0n) is 29.7.